The number of aryl methyl sites for hydroxylation is 1. The predicted octanol–water partition coefficient (Wildman–Crippen LogP) is 1.62. The lowest BCUT2D eigenvalue weighted by molar-refractivity contribution is -0.0500. The van der Waals surface area contributed by atoms with Gasteiger partial charge in [-0.3, -0.25) is 4.98 Å². The number of aromatic nitrogens is 1. The van der Waals surface area contributed by atoms with Crippen LogP contribution in [-0.2, 0) is 10.1 Å². The molecule has 0 aromatic carbocycles. The summed E-state index contributed by atoms with van der Waals surface area (Å²) in [5, 5.41) is 0. The van der Waals surface area contributed by atoms with Gasteiger partial charge >= 0.3 is 15.6 Å². The third kappa shape index (κ3) is 2.58. The van der Waals surface area contributed by atoms with E-state index < -0.39 is 15.6 Å². The summed E-state index contributed by atoms with van der Waals surface area (Å²) < 4.78 is 60.9. The smallest absolute Gasteiger partial charge is 0.376 e. The van der Waals surface area contributed by atoms with Gasteiger partial charge in [-0.05, 0) is 6.92 Å². The van der Waals surface area contributed by atoms with Crippen LogP contribution in [0.15, 0.2) is 18.5 Å². The van der Waals surface area contributed by atoms with Crippen molar-refractivity contribution in [1.29, 1.82) is 0 Å². The summed E-state index contributed by atoms with van der Waals surface area (Å²) in [6.45, 7) is 1.38. The number of hydrogen-bond donors (Lipinski definition) is 0. The van der Waals surface area contributed by atoms with Gasteiger partial charge in [0.05, 0.1) is 0 Å². The summed E-state index contributed by atoms with van der Waals surface area (Å²) in [6.07, 6.45) is 2.33. The number of rotatable bonds is 2. The number of hydrogen-bond acceptors (Lipinski definition) is 4. The minimum Gasteiger partial charge on any atom is -0.376 e. The van der Waals surface area contributed by atoms with Gasteiger partial charge in [0.25, 0.3) is 0 Å². The first-order valence-corrected chi connectivity index (χ1v) is 5.06. The fourth-order valence-corrected chi connectivity index (χ4v) is 1.24. The summed E-state index contributed by atoms with van der Waals surface area (Å²) in [6, 6.07) is 1.04. The summed E-state index contributed by atoms with van der Waals surface area (Å²) in [5.74, 6) is -0.387. The average molecular weight is 241 g/mol. The molecule has 4 nitrogen and oxygen atoms in total. The Labute approximate surface area is 83.8 Å². The van der Waals surface area contributed by atoms with E-state index in [1.54, 1.807) is 0 Å². The summed E-state index contributed by atoms with van der Waals surface area (Å²) in [5.41, 5.74) is -5.23. The van der Waals surface area contributed by atoms with Crippen molar-refractivity contribution in [3.05, 3.63) is 24.0 Å². The molecule has 0 saturated heterocycles. The number of nitrogens with zero attached hydrogens (tertiary/aromatic N) is 1. The fraction of sp³-hybridized carbons (Fsp3) is 0.286. The fourth-order valence-electron chi connectivity index (χ4n) is 0.720. The lowest BCUT2D eigenvalue weighted by Gasteiger charge is -2.10. The van der Waals surface area contributed by atoms with Gasteiger partial charge < -0.3 is 4.18 Å². The normalized spacial score (nSPS) is 12.5. The first kappa shape index (κ1) is 11.8. The third-order valence-electron chi connectivity index (χ3n) is 1.45. The molecular formula is C7H6F3NO3S. The van der Waals surface area contributed by atoms with Gasteiger partial charge in [-0.25, -0.2) is 0 Å². The van der Waals surface area contributed by atoms with Gasteiger partial charge in [0.15, 0.2) is 0 Å². The molecular weight excluding hydrogens is 235 g/mol. The molecule has 84 valence electrons. The second-order valence-electron chi connectivity index (χ2n) is 2.62. The zero-order valence-corrected chi connectivity index (χ0v) is 8.26. The SMILES string of the molecule is Cc1cnccc1OS(=O)(=O)C(F)(F)F. The molecule has 8 heteroatoms. The highest BCUT2D eigenvalue weighted by Crippen LogP contribution is 2.27. The van der Waals surface area contributed by atoms with E-state index in [9.17, 15) is 21.6 Å². The van der Waals surface area contributed by atoms with E-state index in [0.29, 0.717) is 0 Å². The number of pyridine rings is 1. The topological polar surface area (TPSA) is 56.3 Å². The Bertz CT molecular complexity index is 455. The lowest BCUT2D eigenvalue weighted by Crippen LogP contribution is -2.28. The van der Waals surface area contributed by atoms with E-state index in [2.05, 4.69) is 9.17 Å². The largest absolute Gasteiger partial charge is 0.534 e. The van der Waals surface area contributed by atoms with Crippen LogP contribution < -0.4 is 4.18 Å². The molecule has 0 saturated carbocycles. The van der Waals surface area contributed by atoms with E-state index in [1.165, 1.54) is 13.1 Å². The summed E-state index contributed by atoms with van der Waals surface area (Å²) in [4.78, 5) is 3.58. The zero-order chi connectivity index (χ0) is 11.7. The maximum absolute atomic E-state index is 11.9. The molecule has 0 radical (unpaired) electrons. The molecule has 1 aromatic heterocycles. The van der Waals surface area contributed by atoms with Crippen LogP contribution >= 0.6 is 0 Å². The molecule has 0 aliphatic carbocycles. The van der Waals surface area contributed by atoms with Crippen LogP contribution in [0.1, 0.15) is 5.56 Å². The van der Waals surface area contributed by atoms with Crippen molar-refractivity contribution in [3.63, 3.8) is 0 Å². The molecule has 0 amide bonds. The van der Waals surface area contributed by atoms with E-state index >= 15 is 0 Å². The van der Waals surface area contributed by atoms with Crippen molar-refractivity contribution in [2.24, 2.45) is 0 Å². The minimum atomic E-state index is -5.60. The lowest BCUT2D eigenvalue weighted by atomic mass is 10.3. The van der Waals surface area contributed by atoms with Crippen LogP contribution in [0, 0.1) is 6.92 Å². The molecule has 1 heterocycles. The molecule has 0 spiro atoms. The monoisotopic (exact) mass is 241 g/mol. The van der Waals surface area contributed by atoms with Gasteiger partial charge in [0.2, 0.25) is 0 Å². The van der Waals surface area contributed by atoms with Crippen LogP contribution in [0.4, 0.5) is 13.2 Å². The molecule has 0 N–H and O–H groups in total. The van der Waals surface area contributed by atoms with Crippen molar-refractivity contribution in [3.8, 4) is 5.75 Å². The Balaban J connectivity index is 3.03. The zero-order valence-electron chi connectivity index (χ0n) is 7.45. The van der Waals surface area contributed by atoms with Gasteiger partial charge in [-0.2, -0.15) is 21.6 Å². The molecule has 0 unspecified atom stereocenters. The van der Waals surface area contributed by atoms with Gasteiger partial charge in [-0.1, -0.05) is 0 Å². The van der Waals surface area contributed by atoms with Crippen LogP contribution in [0.25, 0.3) is 0 Å². The minimum absolute atomic E-state index is 0.199. The van der Waals surface area contributed by atoms with Crippen LogP contribution in [0.2, 0.25) is 0 Å². The molecule has 1 rings (SSSR count). The van der Waals surface area contributed by atoms with Gasteiger partial charge in [0.1, 0.15) is 5.75 Å². The van der Waals surface area contributed by atoms with Crippen LogP contribution in [0.3, 0.4) is 0 Å². The van der Waals surface area contributed by atoms with E-state index in [0.717, 1.165) is 12.3 Å². The molecule has 0 atom stereocenters. The maximum atomic E-state index is 11.9. The molecule has 0 bridgehead atoms. The Morgan fingerprint density at radius 3 is 2.47 bits per heavy atom. The van der Waals surface area contributed by atoms with Crippen molar-refractivity contribution in [2.45, 2.75) is 12.4 Å². The average Bonchev–Trinajstić information content (AvgIpc) is 2.06. The molecule has 0 aliphatic heterocycles. The number of alkyl halides is 3. The molecule has 0 aliphatic rings. The van der Waals surface area contributed by atoms with E-state index in [4.69, 9.17) is 0 Å². The summed E-state index contributed by atoms with van der Waals surface area (Å²) in [7, 11) is -5.60. The predicted molar refractivity (Wildman–Crippen MR) is 44.6 cm³/mol. The van der Waals surface area contributed by atoms with E-state index in [1.807, 2.05) is 0 Å². The van der Waals surface area contributed by atoms with Gasteiger partial charge in [0, 0.05) is 24.0 Å². The highest BCUT2D eigenvalue weighted by atomic mass is 32.2. The second-order valence-corrected chi connectivity index (χ2v) is 4.16. The third-order valence-corrected chi connectivity index (χ3v) is 2.42. The Hall–Kier alpha value is -1.31. The van der Waals surface area contributed by atoms with Crippen molar-refractivity contribution in [1.82, 2.24) is 4.98 Å². The van der Waals surface area contributed by atoms with E-state index in [-0.39, 0.29) is 11.3 Å². The maximum Gasteiger partial charge on any atom is 0.534 e. The van der Waals surface area contributed by atoms with Crippen molar-refractivity contribution in [2.75, 3.05) is 0 Å². The Morgan fingerprint density at radius 2 is 2.00 bits per heavy atom. The van der Waals surface area contributed by atoms with Crippen molar-refractivity contribution < 1.29 is 25.8 Å². The Morgan fingerprint density at radius 1 is 1.40 bits per heavy atom. The summed E-state index contributed by atoms with van der Waals surface area (Å²) >= 11 is 0. The van der Waals surface area contributed by atoms with Crippen LogP contribution in [0.5, 0.6) is 5.75 Å². The quantitative estimate of drug-likeness (QED) is 0.583. The standard InChI is InChI=1S/C7H6F3NO3S/c1-5-4-11-3-2-6(5)14-15(12,13)7(8,9)10/h2-4H,1H3. The molecule has 1 aromatic rings. The molecule has 15 heavy (non-hydrogen) atoms. The van der Waals surface area contributed by atoms with Crippen molar-refractivity contribution >= 4 is 10.1 Å². The highest BCUT2D eigenvalue weighted by molar-refractivity contribution is 7.88. The van der Waals surface area contributed by atoms with Crippen LogP contribution in [-0.4, -0.2) is 18.9 Å². The first-order chi connectivity index (χ1) is 6.74. The number of halogens is 3. The Kier molecular flexibility index (Phi) is 2.89. The highest BCUT2D eigenvalue weighted by Gasteiger charge is 2.48. The van der Waals surface area contributed by atoms with Gasteiger partial charge in [-0.15, -0.1) is 0 Å². The molecule has 0 fully saturated rings. The second kappa shape index (κ2) is 3.69. The first-order valence-electron chi connectivity index (χ1n) is 3.65.